The van der Waals surface area contributed by atoms with Crippen molar-refractivity contribution in [2.45, 2.75) is 64.8 Å². The number of unbranched alkanes of at least 4 members (excludes halogenated alkanes) is 7. The maximum atomic E-state index is 13.4. The fourth-order valence-electron chi connectivity index (χ4n) is 2.29. The third kappa shape index (κ3) is 6.99. The molecule has 0 radical (unpaired) electrons. The Balaban J connectivity index is 1.98. The predicted octanol–water partition coefficient (Wildman–Crippen LogP) is 5.20. The summed E-state index contributed by atoms with van der Waals surface area (Å²) in [4.78, 5) is 0. The molecule has 0 fully saturated rings. The molecule has 0 saturated heterocycles. The molecule has 3 heteroatoms. The molecule has 114 valence electrons. The van der Waals surface area contributed by atoms with E-state index in [0.717, 1.165) is 19.0 Å². The maximum absolute atomic E-state index is 13.4. The zero-order valence-electron chi connectivity index (χ0n) is 12.6. The van der Waals surface area contributed by atoms with Gasteiger partial charge < -0.3 is 5.32 Å². The van der Waals surface area contributed by atoms with E-state index in [4.69, 9.17) is 0 Å². The fraction of sp³-hybridized carbons (Fsp3) is 0.647. The first-order valence-corrected chi connectivity index (χ1v) is 7.89. The molecule has 0 heterocycles. The molecule has 0 aliphatic rings. The molecule has 1 aromatic rings. The first kappa shape index (κ1) is 17.1. The summed E-state index contributed by atoms with van der Waals surface area (Å²) in [7, 11) is 0. The molecule has 0 aliphatic heterocycles. The van der Waals surface area contributed by atoms with Crippen molar-refractivity contribution in [1.82, 2.24) is 5.32 Å². The molecule has 0 amide bonds. The quantitative estimate of drug-likeness (QED) is 0.551. The average Bonchev–Trinajstić information content (AvgIpc) is 2.45. The number of nitrogens with one attached hydrogen (secondary N) is 1. The summed E-state index contributed by atoms with van der Waals surface area (Å²) >= 11 is 0. The summed E-state index contributed by atoms with van der Waals surface area (Å²) in [5, 5.41) is 3.17. The van der Waals surface area contributed by atoms with Crippen molar-refractivity contribution < 1.29 is 8.78 Å². The number of halogens is 2. The molecule has 0 spiro atoms. The molecular formula is C17H27F2N. The van der Waals surface area contributed by atoms with Gasteiger partial charge in [-0.3, -0.25) is 0 Å². The Morgan fingerprint density at radius 2 is 1.55 bits per heavy atom. The molecule has 0 aromatic heterocycles. The molecule has 1 aromatic carbocycles. The summed E-state index contributed by atoms with van der Waals surface area (Å²) in [6.07, 6.45) is 10.2. The number of rotatable bonds is 11. The van der Waals surface area contributed by atoms with Crippen LogP contribution in [0.15, 0.2) is 18.2 Å². The van der Waals surface area contributed by atoms with E-state index < -0.39 is 11.6 Å². The smallest absolute Gasteiger partial charge is 0.163 e. The van der Waals surface area contributed by atoms with Crippen LogP contribution < -0.4 is 5.32 Å². The van der Waals surface area contributed by atoms with Crippen LogP contribution in [0.5, 0.6) is 0 Å². The molecule has 1 N–H and O–H groups in total. The lowest BCUT2D eigenvalue weighted by molar-refractivity contribution is 0.490. The lowest BCUT2D eigenvalue weighted by atomic mass is 10.1. The van der Waals surface area contributed by atoms with Gasteiger partial charge in [-0.25, -0.2) is 8.78 Å². The third-order valence-electron chi connectivity index (χ3n) is 3.55. The molecule has 20 heavy (non-hydrogen) atoms. The van der Waals surface area contributed by atoms with Crippen LogP contribution in [-0.2, 0) is 6.54 Å². The van der Waals surface area contributed by atoms with Crippen LogP contribution in [0, 0.1) is 11.6 Å². The van der Waals surface area contributed by atoms with Gasteiger partial charge in [0.15, 0.2) is 11.6 Å². The lowest BCUT2D eigenvalue weighted by Gasteiger charge is -2.06. The highest BCUT2D eigenvalue weighted by molar-refractivity contribution is 5.18. The van der Waals surface area contributed by atoms with E-state index in [0.29, 0.717) is 12.1 Å². The number of hydrogen-bond donors (Lipinski definition) is 1. The van der Waals surface area contributed by atoms with Crippen LogP contribution >= 0.6 is 0 Å². The molecular weight excluding hydrogens is 256 g/mol. The Morgan fingerprint density at radius 1 is 0.900 bits per heavy atom. The summed E-state index contributed by atoms with van der Waals surface area (Å²) in [6, 6.07) is 4.32. The minimum Gasteiger partial charge on any atom is -0.313 e. The van der Waals surface area contributed by atoms with Gasteiger partial charge in [0, 0.05) is 12.1 Å². The van der Waals surface area contributed by atoms with Gasteiger partial charge in [0.05, 0.1) is 0 Å². The van der Waals surface area contributed by atoms with Gasteiger partial charge in [-0.2, -0.15) is 0 Å². The van der Waals surface area contributed by atoms with E-state index in [1.165, 1.54) is 44.9 Å². The van der Waals surface area contributed by atoms with Crippen LogP contribution in [0.2, 0.25) is 0 Å². The second-order valence-electron chi connectivity index (χ2n) is 5.36. The Bertz CT molecular complexity index is 366. The van der Waals surface area contributed by atoms with Crippen molar-refractivity contribution in [3.8, 4) is 0 Å². The predicted molar refractivity (Wildman–Crippen MR) is 80.7 cm³/mol. The zero-order chi connectivity index (χ0) is 14.6. The average molecular weight is 283 g/mol. The van der Waals surface area contributed by atoms with E-state index in [1.807, 2.05) is 0 Å². The van der Waals surface area contributed by atoms with Crippen LogP contribution in [0.25, 0.3) is 0 Å². The van der Waals surface area contributed by atoms with Crippen molar-refractivity contribution in [1.29, 1.82) is 0 Å². The standard InChI is InChI=1S/C17H27F2N/c1-2-3-4-5-6-7-8-9-13-20-14-15-11-10-12-16(18)17(15)19/h10-12,20H,2-9,13-14H2,1H3. The molecule has 0 aliphatic carbocycles. The molecule has 0 unspecified atom stereocenters. The van der Waals surface area contributed by atoms with E-state index in [9.17, 15) is 8.78 Å². The lowest BCUT2D eigenvalue weighted by Crippen LogP contribution is -2.16. The summed E-state index contributed by atoms with van der Waals surface area (Å²) < 4.78 is 26.3. The third-order valence-corrected chi connectivity index (χ3v) is 3.55. The highest BCUT2D eigenvalue weighted by atomic mass is 19.2. The maximum Gasteiger partial charge on any atom is 0.163 e. The van der Waals surface area contributed by atoms with Crippen molar-refractivity contribution in [3.63, 3.8) is 0 Å². The Morgan fingerprint density at radius 3 is 2.25 bits per heavy atom. The van der Waals surface area contributed by atoms with Gasteiger partial charge in [0.1, 0.15) is 0 Å². The number of hydrogen-bond acceptors (Lipinski definition) is 1. The topological polar surface area (TPSA) is 12.0 Å². The highest BCUT2D eigenvalue weighted by Crippen LogP contribution is 2.11. The van der Waals surface area contributed by atoms with Gasteiger partial charge >= 0.3 is 0 Å². The monoisotopic (exact) mass is 283 g/mol. The second kappa shape index (κ2) is 10.8. The van der Waals surface area contributed by atoms with E-state index in [2.05, 4.69) is 12.2 Å². The van der Waals surface area contributed by atoms with Crippen molar-refractivity contribution in [2.75, 3.05) is 6.54 Å². The van der Waals surface area contributed by atoms with Crippen molar-refractivity contribution >= 4 is 0 Å². The SMILES string of the molecule is CCCCCCCCCCNCc1cccc(F)c1F. The summed E-state index contributed by atoms with van der Waals surface area (Å²) in [5.41, 5.74) is 0.407. The minimum atomic E-state index is -0.767. The first-order chi connectivity index (χ1) is 9.75. The van der Waals surface area contributed by atoms with Gasteiger partial charge in [0.25, 0.3) is 0 Å². The van der Waals surface area contributed by atoms with Crippen molar-refractivity contribution in [3.05, 3.63) is 35.4 Å². The first-order valence-electron chi connectivity index (χ1n) is 7.89. The number of benzene rings is 1. The zero-order valence-corrected chi connectivity index (χ0v) is 12.6. The van der Waals surface area contributed by atoms with Crippen LogP contribution in [-0.4, -0.2) is 6.54 Å². The molecule has 0 saturated carbocycles. The summed E-state index contributed by atoms with van der Waals surface area (Å²) in [6.45, 7) is 3.50. The Hall–Kier alpha value is -0.960. The van der Waals surface area contributed by atoms with Crippen LogP contribution in [0.1, 0.15) is 63.9 Å². The van der Waals surface area contributed by atoms with Crippen molar-refractivity contribution in [2.24, 2.45) is 0 Å². The largest absolute Gasteiger partial charge is 0.313 e. The molecule has 1 rings (SSSR count). The van der Waals surface area contributed by atoms with Crippen LogP contribution in [0.3, 0.4) is 0 Å². The van der Waals surface area contributed by atoms with Gasteiger partial charge in [-0.1, -0.05) is 64.0 Å². The second-order valence-corrected chi connectivity index (χ2v) is 5.36. The molecule has 0 atom stereocenters. The fourth-order valence-corrected chi connectivity index (χ4v) is 2.29. The normalized spacial score (nSPS) is 10.9. The van der Waals surface area contributed by atoms with Crippen LogP contribution in [0.4, 0.5) is 8.78 Å². The van der Waals surface area contributed by atoms with E-state index >= 15 is 0 Å². The summed E-state index contributed by atoms with van der Waals surface area (Å²) in [5.74, 6) is -1.49. The minimum absolute atomic E-state index is 0.403. The van der Waals surface area contributed by atoms with E-state index in [1.54, 1.807) is 12.1 Å². The van der Waals surface area contributed by atoms with Gasteiger partial charge in [0.2, 0.25) is 0 Å². The highest BCUT2D eigenvalue weighted by Gasteiger charge is 2.06. The Kier molecular flexibility index (Phi) is 9.22. The van der Waals surface area contributed by atoms with Gasteiger partial charge in [-0.05, 0) is 19.0 Å². The molecule has 1 nitrogen and oxygen atoms in total. The molecule has 0 bridgehead atoms. The van der Waals surface area contributed by atoms with Gasteiger partial charge in [-0.15, -0.1) is 0 Å². The van der Waals surface area contributed by atoms with E-state index in [-0.39, 0.29) is 0 Å². The Labute approximate surface area is 121 Å².